The molecule has 1 heterocycles. The molecule has 192 valence electrons. The van der Waals surface area contributed by atoms with E-state index in [1.807, 2.05) is 13.8 Å². The lowest BCUT2D eigenvalue weighted by Gasteiger charge is -2.62. The van der Waals surface area contributed by atoms with E-state index in [9.17, 15) is 9.90 Å². The molecular formula is C31H50O3. The zero-order valence-electron chi connectivity index (χ0n) is 23.0. The first-order chi connectivity index (χ1) is 15.7. The number of hydrogen-bond acceptors (Lipinski definition) is 3. The number of fused-ring (bicyclic) bond motifs is 4. The molecule has 5 aliphatic carbocycles. The molecule has 3 heteroatoms. The van der Waals surface area contributed by atoms with E-state index in [1.165, 1.54) is 44.9 Å². The smallest absolute Gasteiger partial charge is 0.138 e. The Morgan fingerprint density at radius 3 is 2.29 bits per heavy atom. The molecule has 1 saturated heterocycles. The Hall–Kier alpha value is -0.410. The minimum atomic E-state index is -0.777. The van der Waals surface area contributed by atoms with Crippen molar-refractivity contribution in [2.45, 2.75) is 137 Å². The number of carbonyl (C=O) groups excluding carboxylic acids is 1. The van der Waals surface area contributed by atoms with Crippen LogP contribution in [0.25, 0.3) is 0 Å². The number of carbonyl (C=O) groups is 1. The lowest BCUT2D eigenvalue weighted by atomic mass is 9.42. The highest BCUT2D eigenvalue weighted by atomic mass is 16.5. The molecule has 0 bridgehead atoms. The fourth-order valence-corrected chi connectivity index (χ4v) is 12.0. The van der Waals surface area contributed by atoms with Crippen LogP contribution in [0.15, 0.2) is 0 Å². The summed E-state index contributed by atoms with van der Waals surface area (Å²) in [6.45, 7) is 16.2. The fourth-order valence-electron chi connectivity index (χ4n) is 12.0. The molecule has 2 spiro atoms. The van der Waals surface area contributed by atoms with Gasteiger partial charge in [0.15, 0.2) is 0 Å². The van der Waals surface area contributed by atoms with Crippen molar-refractivity contribution in [1.29, 1.82) is 0 Å². The number of hydrogen-bond donors (Lipinski definition) is 1. The average Bonchev–Trinajstić information content (AvgIpc) is 3.33. The van der Waals surface area contributed by atoms with Crippen molar-refractivity contribution < 1.29 is 14.6 Å². The van der Waals surface area contributed by atoms with Gasteiger partial charge in [-0.2, -0.15) is 0 Å². The van der Waals surface area contributed by atoms with Crippen LogP contribution >= 0.6 is 0 Å². The third-order valence-corrected chi connectivity index (χ3v) is 13.8. The Labute approximate surface area is 208 Å². The molecule has 0 unspecified atom stereocenters. The topological polar surface area (TPSA) is 46.5 Å². The molecule has 3 nitrogen and oxygen atoms in total. The molecule has 6 rings (SSSR count). The molecule has 0 aromatic carbocycles. The molecule has 10 atom stereocenters. The van der Waals surface area contributed by atoms with E-state index in [2.05, 4.69) is 34.6 Å². The van der Waals surface area contributed by atoms with Gasteiger partial charge in [0.2, 0.25) is 0 Å². The van der Waals surface area contributed by atoms with Gasteiger partial charge in [-0.25, -0.2) is 0 Å². The van der Waals surface area contributed by atoms with Crippen LogP contribution in [-0.4, -0.2) is 28.7 Å². The largest absolute Gasteiger partial charge is 0.388 e. The monoisotopic (exact) mass is 470 g/mol. The summed E-state index contributed by atoms with van der Waals surface area (Å²) in [5, 5.41) is 10.9. The van der Waals surface area contributed by atoms with Crippen LogP contribution in [0.4, 0.5) is 0 Å². The van der Waals surface area contributed by atoms with Gasteiger partial charge in [-0.3, -0.25) is 4.79 Å². The third kappa shape index (κ3) is 2.70. The van der Waals surface area contributed by atoms with E-state index in [-0.39, 0.29) is 17.6 Å². The highest BCUT2D eigenvalue weighted by Gasteiger charge is 2.83. The van der Waals surface area contributed by atoms with Crippen molar-refractivity contribution in [2.24, 2.45) is 50.7 Å². The normalized spacial score (nSPS) is 56.2. The van der Waals surface area contributed by atoms with Crippen molar-refractivity contribution in [3.63, 3.8) is 0 Å². The van der Waals surface area contributed by atoms with E-state index in [4.69, 9.17) is 4.74 Å². The lowest BCUT2D eigenvalue weighted by Crippen LogP contribution is -2.57. The van der Waals surface area contributed by atoms with Crippen molar-refractivity contribution in [3.05, 3.63) is 0 Å². The number of rotatable bonds is 1. The van der Waals surface area contributed by atoms with Gasteiger partial charge in [0.05, 0.1) is 17.8 Å². The predicted molar refractivity (Wildman–Crippen MR) is 135 cm³/mol. The number of ether oxygens (including phenoxy) is 1. The molecule has 5 saturated carbocycles. The highest BCUT2D eigenvalue weighted by Crippen LogP contribution is 2.89. The third-order valence-electron chi connectivity index (χ3n) is 13.8. The van der Waals surface area contributed by atoms with Crippen molar-refractivity contribution in [2.75, 3.05) is 0 Å². The SMILES string of the molecule is C[C@@H]1CCC[C@H](C(C)(C)O)O[C@H]2C[C@@]3(C)[C@@H]4CC[C@H]5C(C)(C)C(=O)CC[C@@]56C[C@@]46CC[C@]3(C)[C@@H]12. The summed E-state index contributed by atoms with van der Waals surface area (Å²) < 4.78 is 6.96. The van der Waals surface area contributed by atoms with E-state index in [1.54, 1.807) is 0 Å². The molecule has 1 aliphatic heterocycles. The zero-order valence-corrected chi connectivity index (χ0v) is 23.0. The first-order valence-corrected chi connectivity index (χ1v) is 14.6. The van der Waals surface area contributed by atoms with Crippen LogP contribution in [0.5, 0.6) is 0 Å². The summed E-state index contributed by atoms with van der Waals surface area (Å²) in [6.07, 6.45) is 13.4. The van der Waals surface area contributed by atoms with Gasteiger partial charge in [0.25, 0.3) is 0 Å². The molecule has 0 aromatic rings. The summed E-state index contributed by atoms with van der Waals surface area (Å²) in [5.41, 5.74) is 0.600. The zero-order chi connectivity index (χ0) is 24.5. The Balaban J connectivity index is 1.37. The lowest BCUT2D eigenvalue weighted by molar-refractivity contribution is -0.161. The first kappa shape index (κ1) is 24.0. The minimum Gasteiger partial charge on any atom is -0.388 e. The van der Waals surface area contributed by atoms with E-state index in [0.29, 0.717) is 45.2 Å². The maximum atomic E-state index is 12.9. The Bertz CT molecular complexity index is 886. The van der Waals surface area contributed by atoms with Gasteiger partial charge in [-0.1, -0.05) is 47.5 Å². The van der Waals surface area contributed by atoms with Gasteiger partial charge < -0.3 is 9.84 Å². The van der Waals surface area contributed by atoms with Crippen molar-refractivity contribution in [3.8, 4) is 0 Å². The fraction of sp³-hybridized carbons (Fsp3) is 0.968. The molecule has 0 aromatic heterocycles. The minimum absolute atomic E-state index is 0.0537. The van der Waals surface area contributed by atoms with Gasteiger partial charge >= 0.3 is 0 Å². The molecule has 0 radical (unpaired) electrons. The Morgan fingerprint density at radius 1 is 0.912 bits per heavy atom. The molecule has 6 aliphatic rings. The molecule has 1 N–H and O–H groups in total. The second-order valence-corrected chi connectivity index (χ2v) is 15.6. The highest BCUT2D eigenvalue weighted by molar-refractivity contribution is 5.86. The predicted octanol–water partition coefficient (Wildman–Crippen LogP) is 6.95. The maximum absolute atomic E-state index is 12.9. The van der Waals surface area contributed by atoms with Crippen LogP contribution in [-0.2, 0) is 9.53 Å². The van der Waals surface area contributed by atoms with Gasteiger partial charge in [-0.05, 0) is 111 Å². The van der Waals surface area contributed by atoms with Crippen molar-refractivity contribution >= 4 is 5.78 Å². The van der Waals surface area contributed by atoms with Gasteiger partial charge in [0.1, 0.15) is 5.78 Å². The van der Waals surface area contributed by atoms with Crippen LogP contribution in [0.3, 0.4) is 0 Å². The van der Waals surface area contributed by atoms with Gasteiger partial charge in [-0.15, -0.1) is 0 Å². The second-order valence-electron chi connectivity index (χ2n) is 15.6. The van der Waals surface area contributed by atoms with Gasteiger partial charge in [0, 0.05) is 11.8 Å². The molecule has 34 heavy (non-hydrogen) atoms. The van der Waals surface area contributed by atoms with Crippen LogP contribution in [0.2, 0.25) is 0 Å². The molecule has 0 amide bonds. The summed E-state index contributed by atoms with van der Waals surface area (Å²) in [6, 6.07) is 0. The first-order valence-electron chi connectivity index (χ1n) is 14.6. The van der Waals surface area contributed by atoms with Crippen LogP contribution in [0, 0.1) is 50.7 Å². The molecule has 6 fully saturated rings. The van der Waals surface area contributed by atoms with Crippen molar-refractivity contribution in [1.82, 2.24) is 0 Å². The Morgan fingerprint density at radius 2 is 1.59 bits per heavy atom. The molecular weight excluding hydrogens is 420 g/mol. The standard InChI is InChI=1S/C31H50O3/c1-19-9-8-10-24(27(4,5)33)34-20-17-29(7)22-12-11-21-26(2,3)23(32)13-14-30(21)18-31(22,30)16-15-28(29,6)25(19)20/h19-22,24-25,33H,8-18H2,1-7H3/t19-,20+,21+,22+,24-,25+,28-,29+,30-,31+/m1/s1. The quantitative estimate of drug-likeness (QED) is 0.451. The maximum Gasteiger partial charge on any atom is 0.138 e. The van der Waals surface area contributed by atoms with Crippen LogP contribution in [0.1, 0.15) is 119 Å². The summed E-state index contributed by atoms with van der Waals surface area (Å²) >= 11 is 0. The van der Waals surface area contributed by atoms with E-state index < -0.39 is 5.60 Å². The summed E-state index contributed by atoms with van der Waals surface area (Å²) in [5.74, 6) is 3.16. The van der Waals surface area contributed by atoms with E-state index >= 15 is 0 Å². The number of ketones is 1. The number of aliphatic hydroxyl groups is 1. The summed E-state index contributed by atoms with van der Waals surface area (Å²) in [4.78, 5) is 12.9. The summed E-state index contributed by atoms with van der Waals surface area (Å²) in [7, 11) is 0. The number of Topliss-reactive ketones (excluding diaryl/α,β-unsaturated/α-hetero) is 1. The van der Waals surface area contributed by atoms with Crippen LogP contribution < -0.4 is 0 Å². The average molecular weight is 471 g/mol. The Kier molecular flexibility index (Phi) is 4.87. The van der Waals surface area contributed by atoms with E-state index in [0.717, 1.165) is 31.6 Å². The second kappa shape index (κ2) is 6.91.